The number of rotatable bonds is 3. The Balaban J connectivity index is 2.50. The molecule has 0 atom stereocenters. The van der Waals surface area contributed by atoms with Crippen molar-refractivity contribution in [1.29, 1.82) is 0 Å². The van der Waals surface area contributed by atoms with Crippen LogP contribution in [-0.4, -0.2) is 9.49 Å². The normalized spacial score (nSPS) is 10.6. The van der Waals surface area contributed by atoms with Crippen LogP contribution in [0.5, 0.6) is 0 Å². The summed E-state index contributed by atoms with van der Waals surface area (Å²) < 4.78 is 1.15. The van der Waals surface area contributed by atoms with Crippen LogP contribution in [0.2, 0.25) is 15.1 Å². The number of aromatic nitrogens is 1. The summed E-state index contributed by atoms with van der Waals surface area (Å²) in [5.74, 6) is 0. The number of nitrogens with zero attached hydrogens (tertiary/aromatic N) is 2. The fourth-order valence-electron chi connectivity index (χ4n) is 1.63. The van der Waals surface area contributed by atoms with E-state index in [1.165, 1.54) is 6.07 Å². The Morgan fingerprint density at radius 1 is 1.10 bits per heavy atom. The molecule has 0 N–H and O–H groups in total. The maximum absolute atomic E-state index is 11.7. The van der Waals surface area contributed by atoms with E-state index in [1.54, 1.807) is 6.07 Å². The Bertz CT molecular complexity index is 743. The molecule has 20 heavy (non-hydrogen) atoms. The fourth-order valence-corrected chi connectivity index (χ4v) is 2.30. The van der Waals surface area contributed by atoms with E-state index < -0.39 is 10.5 Å². The average Bonchev–Trinajstić information content (AvgIpc) is 2.41. The highest BCUT2D eigenvalue weighted by Gasteiger charge is 2.13. The molecule has 1 heterocycles. The predicted octanol–water partition coefficient (Wildman–Crippen LogP) is 3.77. The second-order valence-electron chi connectivity index (χ2n) is 3.93. The van der Waals surface area contributed by atoms with E-state index in [9.17, 15) is 14.9 Å². The number of pyridine rings is 1. The summed E-state index contributed by atoms with van der Waals surface area (Å²) in [6.07, 6.45) is 1.13. The molecule has 8 heteroatoms. The van der Waals surface area contributed by atoms with Crippen LogP contribution in [0.3, 0.4) is 0 Å². The number of benzene rings is 1. The first-order chi connectivity index (χ1) is 9.40. The molecule has 2 rings (SSSR count). The van der Waals surface area contributed by atoms with Gasteiger partial charge in [-0.15, -0.1) is 0 Å². The smallest absolute Gasteiger partial charge is 0.285 e. The molecule has 2 aromatic rings. The second kappa shape index (κ2) is 5.83. The van der Waals surface area contributed by atoms with Crippen molar-refractivity contribution in [2.45, 2.75) is 6.54 Å². The van der Waals surface area contributed by atoms with Crippen molar-refractivity contribution >= 4 is 40.5 Å². The van der Waals surface area contributed by atoms with Crippen LogP contribution in [-0.2, 0) is 6.54 Å². The van der Waals surface area contributed by atoms with Crippen LogP contribution in [0.15, 0.2) is 35.3 Å². The minimum atomic E-state index is -0.586. The Morgan fingerprint density at radius 2 is 1.75 bits per heavy atom. The third kappa shape index (κ3) is 2.95. The molecule has 0 aliphatic carbocycles. The lowest BCUT2D eigenvalue weighted by Crippen LogP contribution is -2.19. The molecule has 0 radical (unpaired) electrons. The SMILES string of the molecule is O=c1ccc([N+](=O)[O-])cn1Cc1c(Cl)ccc(Cl)c1Cl. The van der Waals surface area contributed by atoms with E-state index in [4.69, 9.17) is 34.8 Å². The van der Waals surface area contributed by atoms with Gasteiger partial charge in [-0.25, -0.2) is 0 Å². The lowest BCUT2D eigenvalue weighted by molar-refractivity contribution is -0.385. The monoisotopic (exact) mass is 332 g/mol. The molecule has 104 valence electrons. The van der Waals surface area contributed by atoms with Gasteiger partial charge < -0.3 is 4.57 Å². The van der Waals surface area contributed by atoms with E-state index >= 15 is 0 Å². The zero-order chi connectivity index (χ0) is 14.9. The lowest BCUT2D eigenvalue weighted by Gasteiger charge is -2.10. The van der Waals surface area contributed by atoms with Crippen LogP contribution in [0.25, 0.3) is 0 Å². The molecule has 0 aliphatic heterocycles. The van der Waals surface area contributed by atoms with Crippen molar-refractivity contribution in [2.75, 3.05) is 0 Å². The van der Waals surface area contributed by atoms with Crippen LogP contribution >= 0.6 is 34.8 Å². The second-order valence-corrected chi connectivity index (χ2v) is 5.12. The zero-order valence-corrected chi connectivity index (χ0v) is 12.1. The molecule has 0 fully saturated rings. The summed E-state index contributed by atoms with van der Waals surface area (Å²) in [6, 6.07) is 5.34. The summed E-state index contributed by atoms with van der Waals surface area (Å²) >= 11 is 17.9. The number of hydrogen-bond acceptors (Lipinski definition) is 3. The average molecular weight is 334 g/mol. The van der Waals surface area contributed by atoms with Gasteiger partial charge in [0.25, 0.3) is 11.2 Å². The van der Waals surface area contributed by atoms with E-state index in [2.05, 4.69) is 0 Å². The third-order valence-electron chi connectivity index (χ3n) is 2.65. The summed E-state index contributed by atoms with van der Waals surface area (Å²) in [6.45, 7) is -0.00125. The van der Waals surface area contributed by atoms with Crippen molar-refractivity contribution in [3.63, 3.8) is 0 Å². The van der Waals surface area contributed by atoms with Gasteiger partial charge in [-0.2, -0.15) is 0 Å². The molecule has 1 aromatic carbocycles. The molecule has 5 nitrogen and oxygen atoms in total. The zero-order valence-electron chi connectivity index (χ0n) is 9.85. The molecule has 0 amide bonds. The van der Waals surface area contributed by atoms with Crippen molar-refractivity contribution in [3.8, 4) is 0 Å². The summed E-state index contributed by atoms with van der Waals surface area (Å²) in [7, 11) is 0. The minimum Gasteiger partial charge on any atom is -0.304 e. The minimum absolute atomic E-state index is 0.00125. The highest BCUT2D eigenvalue weighted by molar-refractivity contribution is 6.44. The fraction of sp³-hybridized carbons (Fsp3) is 0.0833. The highest BCUT2D eigenvalue weighted by atomic mass is 35.5. The molecule has 0 saturated carbocycles. The van der Waals surface area contributed by atoms with Crippen LogP contribution in [0, 0.1) is 10.1 Å². The first-order valence-electron chi connectivity index (χ1n) is 5.37. The first kappa shape index (κ1) is 14.8. The van der Waals surface area contributed by atoms with Gasteiger partial charge in [-0.3, -0.25) is 14.9 Å². The molecule has 0 aliphatic rings. The largest absolute Gasteiger partial charge is 0.304 e. The summed E-state index contributed by atoms with van der Waals surface area (Å²) in [5, 5.41) is 11.6. The van der Waals surface area contributed by atoms with Crippen LogP contribution in [0.4, 0.5) is 5.69 Å². The maximum Gasteiger partial charge on any atom is 0.285 e. The standard InChI is InChI=1S/C12H7Cl3N2O3/c13-9-2-3-10(14)12(15)8(9)6-16-5-7(17(19)20)1-4-11(16)18/h1-5H,6H2. The summed E-state index contributed by atoms with van der Waals surface area (Å²) in [5.41, 5.74) is -0.162. The molecule has 1 aromatic heterocycles. The van der Waals surface area contributed by atoms with E-state index in [0.29, 0.717) is 15.6 Å². The van der Waals surface area contributed by atoms with Crippen molar-refractivity contribution in [3.05, 3.63) is 71.6 Å². The van der Waals surface area contributed by atoms with Crippen molar-refractivity contribution in [1.82, 2.24) is 4.57 Å². The lowest BCUT2D eigenvalue weighted by atomic mass is 10.2. The Labute approximate surface area is 128 Å². The molecular weight excluding hydrogens is 327 g/mol. The molecule has 0 saturated heterocycles. The van der Waals surface area contributed by atoms with Gasteiger partial charge in [0.15, 0.2) is 0 Å². The number of hydrogen-bond donors (Lipinski definition) is 0. The van der Waals surface area contributed by atoms with Gasteiger partial charge >= 0.3 is 0 Å². The van der Waals surface area contributed by atoms with Crippen molar-refractivity contribution in [2.24, 2.45) is 0 Å². The van der Waals surface area contributed by atoms with E-state index in [0.717, 1.165) is 22.9 Å². The quantitative estimate of drug-likeness (QED) is 0.488. The van der Waals surface area contributed by atoms with Crippen LogP contribution in [0.1, 0.15) is 5.56 Å². The van der Waals surface area contributed by atoms with Gasteiger partial charge in [-0.05, 0) is 12.1 Å². The number of halogens is 3. The predicted molar refractivity (Wildman–Crippen MR) is 77.9 cm³/mol. The van der Waals surface area contributed by atoms with Crippen LogP contribution < -0.4 is 5.56 Å². The molecule has 0 spiro atoms. The highest BCUT2D eigenvalue weighted by Crippen LogP contribution is 2.31. The maximum atomic E-state index is 11.7. The van der Waals surface area contributed by atoms with Gasteiger partial charge in [0, 0.05) is 22.7 Å². The third-order valence-corrected chi connectivity index (χ3v) is 3.84. The molecular formula is C12H7Cl3N2O3. The van der Waals surface area contributed by atoms with E-state index in [-0.39, 0.29) is 17.3 Å². The topological polar surface area (TPSA) is 65.1 Å². The van der Waals surface area contributed by atoms with E-state index in [1.807, 2.05) is 0 Å². The number of nitro groups is 1. The summed E-state index contributed by atoms with van der Waals surface area (Å²) in [4.78, 5) is 21.9. The Hall–Kier alpha value is -1.56. The molecule has 0 unspecified atom stereocenters. The van der Waals surface area contributed by atoms with Crippen molar-refractivity contribution < 1.29 is 4.92 Å². The first-order valence-corrected chi connectivity index (χ1v) is 6.51. The van der Waals surface area contributed by atoms with Gasteiger partial charge in [0.2, 0.25) is 0 Å². The Kier molecular flexibility index (Phi) is 4.32. The van der Waals surface area contributed by atoms with Gasteiger partial charge in [0.1, 0.15) is 0 Å². The van der Waals surface area contributed by atoms with Gasteiger partial charge in [0.05, 0.1) is 27.7 Å². The van der Waals surface area contributed by atoms with Gasteiger partial charge in [-0.1, -0.05) is 34.8 Å². The Morgan fingerprint density at radius 3 is 2.40 bits per heavy atom. The molecule has 0 bridgehead atoms.